The van der Waals surface area contributed by atoms with Crippen molar-refractivity contribution < 1.29 is 4.39 Å². The Morgan fingerprint density at radius 1 is 1.31 bits per heavy atom. The van der Waals surface area contributed by atoms with E-state index in [1.165, 1.54) is 0 Å². The molecule has 1 nitrogen and oxygen atoms in total. The molecular formula is C11H22FN. The molecule has 1 rings (SSSR count). The van der Waals surface area contributed by atoms with Crippen molar-refractivity contribution in [3.63, 3.8) is 0 Å². The molecular weight excluding hydrogens is 165 g/mol. The van der Waals surface area contributed by atoms with Gasteiger partial charge in [0, 0.05) is 12.5 Å². The van der Waals surface area contributed by atoms with Gasteiger partial charge in [-0.25, -0.2) is 0 Å². The summed E-state index contributed by atoms with van der Waals surface area (Å²) in [5.74, 6) is 0.847. The van der Waals surface area contributed by atoms with Gasteiger partial charge in [0.25, 0.3) is 0 Å². The molecule has 2 unspecified atom stereocenters. The normalized spacial score (nSPS) is 30.5. The van der Waals surface area contributed by atoms with Crippen molar-refractivity contribution in [2.24, 2.45) is 17.3 Å². The molecule has 1 fully saturated rings. The van der Waals surface area contributed by atoms with E-state index in [2.05, 4.69) is 26.1 Å². The van der Waals surface area contributed by atoms with Gasteiger partial charge in [-0.3, -0.25) is 4.39 Å². The van der Waals surface area contributed by atoms with E-state index in [4.69, 9.17) is 0 Å². The lowest BCUT2D eigenvalue weighted by molar-refractivity contribution is 0.153. The standard InChI is InChI=1S/C11H22FN/c1-11(2,3)6-9-4-5-13-8-10(9)7-12/h9-10,13H,4-8H2,1-3H3. The van der Waals surface area contributed by atoms with Crippen LogP contribution in [-0.2, 0) is 0 Å². The first-order valence-corrected chi connectivity index (χ1v) is 5.29. The Balaban J connectivity index is 2.45. The minimum Gasteiger partial charge on any atom is -0.316 e. The summed E-state index contributed by atoms with van der Waals surface area (Å²) in [5.41, 5.74) is 0.343. The summed E-state index contributed by atoms with van der Waals surface area (Å²) >= 11 is 0. The monoisotopic (exact) mass is 187 g/mol. The molecule has 13 heavy (non-hydrogen) atoms. The number of piperidine rings is 1. The fourth-order valence-corrected chi connectivity index (χ4v) is 2.21. The van der Waals surface area contributed by atoms with Crippen molar-refractivity contribution in [3.05, 3.63) is 0 Å². The fraction of sp³-hybridized carbons (Fsp3) is 1.00. The van der Waals surface area contributed by atoms with E-state index < -0.39 is 0 Å². The number of halogens is 1. The SMILES string of the molecule is CC(C)(C)CC1CCNCC1CF. The van der Waals surface area contributed by atoms with Gasteiger partial charge in [-0.05, 0) is 30.7 Å². The van der Waals surface area contributed by atoms with E-state index >= 15 is 0 Å². The van der Waals surface area contributed by atoms with E-state index in [-0.39, 0.29) is 12.6 Å². The van der Waals surface area contributed by atoms with Gasteiger partial charge < -0.3 is 5.32 Å². The zero-order chi connectivity index (χ0) is 9.90. The first kappa shape index (κ1) is 11.0. The molecule has 0 aliphatic carbocycles. The highest BCUT2D eigenvalue weighted by molar-refractivity contribution is 4.81. The van der Waals surface area contributed by atoms with Gasteiger partial charge in [0.2, 0.25) is 0 Å². The highest BCUT2D eigenvalue weighted by atomic mass is 19.1. The number of nitrogens with one attached hydrogen (secondary N) is 1. The van der Waals surface area contributed by atoms with E-state index in [0.29, 0.717) is 11.3 Å². The Morgan fingerprint density at radius 2 is 2.00 bits per heavy atom. The molecule has 0 aromatic heterocycles. The van der Waals surface area contributed by atoms with Crippen LogP contribution in [-0.4, -0.2) is 19.8 Å². The Kier molecular flexibility index (Phi) is 3.72. The molecule has 2 atom stereocenters. The Hall–Kier alpha value is -0.110. The average Bonchev–Trinajstić information content (AvgIpc) is 2.02. The smallest absolute Gasteiger partial charge is 0.0937 e. The summed E-state index contributed by atoms with van der Waals surface area (Å²) in [4.78, 5) is 0. The van der Waals surface area contributed by atoms with Crippen molar-refractivity contribution >= 4 is 0 Å². The van der Waals surface area contributed by atoms with Crippen LogP contribution in [0.3, 0.4) is 0 Å². The third kappa shape index (κ3) is 3.63. The number of alkyl halides is 1. The molecule has 1 aliphatic heterocycles. The maximum absolute atomic E-state index is 12.7. The Morgan fingerprint density at radius 3 is 2.54 bits per heavy atom. The van der Waals surface area contributed by atoms with Crippen LogP contribution in [0, 0.1) is 17.3 Å². The van der Waals surface area contributed by atoms with Crippen LogP contribution >= 0.6 is 0 Å². The lowest BCUT2D eigenvalue weighted by Crippen LogP contribution is -2.39. The third-order valence-electron chi connectivity index (χ3n) is 2.84. The fourth-order valence-electron chi connectivity index (χ4n) is 2.21. The minimum absolute atomic E-state index is 0.159. The second kappa shape index (κ2) is 4.41. The molecule has 1 heterocycles. The molecule has 0 spiro atoms. The first-order valence-electron chi connectivity index (χ1n) is 5.29. The summed E-state index contributed by atoms with van der Waals surface area (Å²) in [7, 11) is 0. The summed E-state index contributed by atoms with van der Waals surface area (Å²) in [6.07, 6.45) is 2.30. The minimum atomic E-state index is -0.159. The van der Waals surface area contributed by atoms with Gasteiger partial charge in [0.05, 0.1) is 6.67 Å². The third-order valence-corrected chi connectivity index (χ3v) is 2.84. The lowest BCUT2D eigenvalue weighted by Gasteiger charge is -2.34. The predicted octanol–water partition coefficient (Wildman–Crippen LogP) is 2.62. The summed E-state index contributed by atoms with van der Waals surface area (Å²) < 4.78 is 12.7. The van der Waals surface area contributed by atoms with Crippen molar-refractivity contribution in [2.45, 2.75) is 33.6 Å². The van der Waals surface area contributed by atoms with Crippen molar-refractivity contribution in [2.75, 3.05) is 19.8 Å². The largest absolute Gasteiger partial charge is 0.316 e. The summed E-state index contributed by atoms with van der Waals surface area (Å²) in [5, 5.41) is 3.26. The van der Waals surface area contributed by atoms with Crippen LogP contribution in [0.15, 0.2) is 0 Å². The van der Waals surface area contributed by atoms with E-state index in [9.17, 15) is 4.39 Å². The Labute approximate surface area is 81.1 Å². The molecule has 1 aliphatic rings. The van der Waals surface area contributed by atoms with E-state index in [1.54, 1.807) is 0 Å². The molecule has 0 aromatic carbocycles. The molecule has 0 radical (unpaired) electrons. The van der Waals surface area contributed by atoms with Crippen LogP contribution in [0.5, 0.6) is 0 Å². The first-order chi connectivity index (χ1) is 6.03. The molecule has 2 heteroatoms. The Bertz CT molecular complexity index is 151. The number of hydrogen-bond acceptors (Lipinski definition) is 1. The van der Waals surface area contributed by atoms with E-state index in [1.807, 2.05) is 0 Å². The van der Waals surface area contributed by atoms with Crippen molar-refractivity contribution in [3.8, 4) is 0 Å². The molecule has 0 bridgehead atoms. The van der Waals surface area contributed by atoms with Crippen LogP contribution in [0.2, 0.25) is 0 Å². The van der Waals surface area contributed by atoms with Crippen LogP contribution < -0.4 is 5.32 Å². The van der Waals surface area contributed by atoms with Gasteiger partial charge >= 0.3 is 0 Å². The van der Waals surface area contributed by atoms with Crippen molar-refractivity contribution in [1.29, 1.82) is 0 Å². The molecule has 1 saturated heterocycles. The zero-order valence-corrected chi connectivity index (χ0v) is 9.07. The van der Waals surface area contributed by atoms with Crippen LogP contribution in [0.1, 0.15) is 33.6 Å². The maximum atomic E-state index is 12.7. The summed E-state index contributed by atoms with van der Waals surface area (Å²) in [6.45, 7) is 8.50. The van der Waals surface area contributed by atoms with E-state index in [0.717, 1.165) is 25.9 Å². The predicted molar refractivity (Wildman–Crippen MR) is 54.5 cm³/mol. The second-order valence-electron chi connectivity index (χ2n) is 5.43. The van der Waals surface area contributed by atoms with Crippen LogP contribution in [0.25, 0.3) is 0 Å². The molecule has 78 valence electrons. The van der Waals surface area contributed by atoms with Crippen LogP contribution in [0.4, 0.5) is 4.39 Å². The quantitative estimate of drug-likeness (QED) is 0.700. The topological polar surface area (TPSA) is 12.0 Å². The highest BCUT2D eigenvalue weighted by Crippen LogP contribution is 2.32. The number of hydrogen-bond donors (Lipinski definition) is 1. The zero-order valence-electron chi connectivity index (χ0n) is 9.07. The highest BCUT2D eigenvalue weighted by Gasteiger charge is 2.28. The average molecular weight is 187 g/mol. The molecule has 0 amide bonds. The van der Waals surface area contributed by atoms with Gasteiger partial charge in [-0.15, -0.1) is 0 Å². The molecule has 1 N–H and O–H groups in total. The van der Waals surface area contributed by atoms with Gasteiger partial charge in [0.15, 0.2) is 0 Å². The van der Waals surface area contributed by atoms with Crippen molar-refractivity contribution in [1.82, 2.24) is 5.32 Å². The second-order valence-corrected chi connectivity index (χ2v) is 5.43. The summed E-state index contributed by atoms with van der Waals surface area (Å²) in [6, 6.07) is 0. The number of rotatable bonds is 2. The van der Waals surface area contributed by atoms with Gasteiger partial charge in [0.1, 0.15) is 0 Å². The molecule has 0 aromatic rings. The lowest BCUT2D eigenvalue weighted by atomic mass is 9.76. The maximum Gasteiger partial charge on any atom is 0.0937 e. The van der Waals surface area contributed by atoms with Gasteiger partial charge in [-0.2, -0.15) is 0 Å². The molecule has 0 saturated carbocycles. The van der Waals surface area contributed by atoms with Gasteiger partial charge in [-0.1, -0.05) is 20.8 Å².